The molecular formula is C29H35N7O2S2. The second-order valence-corrected chi connectivity index (χ2v) is 12.1. The topological polar surface area (TPSA) is 108 Å². The molecule has 0 spiro atoms. The average molecular weight is 578 g/mol. The average Bonchev–Trinajstić information content (AvgIpc) is 2.95. The smallest absolute Gasteiger partial charge is 0.269 e. The van der Waals surface area contributed by atoms with Gasteiger partial charge in [0.05, 0.1) is 10.6 Å². The lowest BCUT2D eigenvalue weighted by Crippen LogP contribution is -2.42. The first-order valence-corrected chi connectivity index (χ1v) is 15.0. The molecule has 0 radical (unpaired) electrons. The predicted octanol–water partition coefficient (Wildman–Crippen LogP) is 6.19. The van der Waals surface area contributed by atoms with Gasteiger partial charge in [-0.25, -0.2) is 4.98 Å². The predicted molar refractivity (Wildman–Crippen MR) is 166 cm³/mol. The lowest BCUT2D eigenvalue weighted by atomic mass is 9.91. The molecule has 2 aliphatic carbocycles. The number of hydrogen-bond donors (Lipinski definition) is 3. The van der Waals surface area contributed by atoms with Crippen molar-refractivity contribution in [1.29, 1.82) is 0 Å². The van der Waals surface area contributed by atoms with Gasteiger partial charge in [-0.2, -0.15) is 4.98 Å². The minimum Gasteiger partial charge on any atom is -0.362 e. The van der Waals surface area contributed by atoms with E-state index in [2.05, 4.69) is 34.9 Å². The SMILES string of the molecule is CN(C)c1nc(N[C@H]2CC[C@@H](NC(=S)Nc3ccc(Sc4ccc([N+](=O)[O-])cc4)cc3)CC2)nc2c1CCCC2. The molecule has 0 unspecified atom stereocenters. The summed E-state index contributed by atoms with van der Waals surface area (Å²) >= 11 is 7.15. The highest BCUT2D eigenvalue weighted by atomic mass is 32.2. The lowest BCUT2D eigenvalue weighted by Gasteiger charge is -2.31. The maximum atomic E-state index is 10.8. The monoisotopic (exact) mass is 577 g/mol. The Morgan fingerprint density at radius 1 is 0.950 bits per heavy atom. The maximum absolute atomic E-state index is 10.8. The van der Waals surface area contributed by atoms with E-state index in [-0.39, 0.29) is 10.6 Å². The summed E-state index contributed by atoms with van der Waals surface area (Å²) in [6.07, 6.45) is 8.64. The Bertz CT molecular complexity index is 1340. The van der Waals surface area contributed by atoms with Crippen LogP contribution in [0.5, 0.6) is 0 Å². The molecule has 40 heavy (non-hydrogen) atoms. The maximum Gasteiger partial charge on any atom is 0.269 e. The van der Waals surface area contributed by atoms with Crippen LogP contribution >= 0.6 is 24.0 Å². The van der Waals surface area contributed by atoms with Gasteiger partial charge in [-0.3, -0.25) is 10.1 Å². The summed E-state index contributed by atoms with van der Waals surface area (Å²) in [4.78, 5) is 24.3. The molecule has 1 heterocycles. The summed E-state index contributed by atoms with van der Waals surface area (Å²) in [7, 11) is 4.12. The number of non-ortho nitro benzene ring substituents is 1. The zero-order valence-electron chi connectivity index (χ0n) is 22.9. The number of aryl methyl sites for hydroxylation is 1. The number of benzene rings is 2. The first-order chi connectivity index (χ1) is 19.3. The van der Waals surface area contributed by atoms with E-state index in [1.54, 1.807) is 23.9 Å². The van der Waals surface area contributed by atoms with Crippen molar-refractivity contribution in [3.05, 3.63) is 69.9 Å². The summed E-state index contributed by atoms with van der Waals surface area (Å²) in [6, 6.07) is 15.3. The van der Waals surface area contributed by atoms with Crippen LogP contribution in [0.1, 0.15) is 49.8 Å². The molecule has 210 valence electrons. The number of thiocarbonyl (C=S) groups is 1. The molecule has 3 aromatic rings. The van der Waals surface area contributed by atoms with Crippen LogP contribution in [0, 0.1) is 10.1 Å². The highest BCUT2D eigenvalue weighted by Gasteiger charge is 2.24. The number of rotatable bonds is 8. The van der Waals surface area contributed by atoms with Gasteiger partial charge in [0.15, 0.2) is 5.11 Å². The van der Waals surface area contributed by atoms with Crippen molar-refractivity contribution in [2.75, 3.05) is 29.6 Å². The Labute approximate surface area is 244 Å². The zero-order chi connectivity index (χ0) is 28.1. The van der Waals surface area contributed by atoms with Gasteiger partial charge in [-0.05, 0) is 100.0 Å². The molecule has 11 heteroatoms. The Balaban J connectivity index is 1.08. The molecule has 0 saturated heterocycles. The molecule has 1 aromatic heterocycles. The third kappa shape index (κ3) is 7.19. The summed E-state index contributed by atoms with van der Waals surface area (Å²) < 4.78 is 0. The van der Waals surface area contributed by atoms with Gasteiger partial charge in [0, 0.05) is 59.4 Å². The molecule has 0 atom stereocenters. The number of nitrogens with one attached hydrogen (secondary N) is 3. The third-order valence-electron chi connectivity index (χ3n) is 7.38. The molecule has 9 nitrogen and oxygen atoms in total. The number of fused-ring (bicyclic) bond motifs is 1. The van der Waals surface area contributed by atoms with Gasteiger partial charge in [-0.15, -0.1) is 0 Å². The minimum absolute atomic E-state index is 0.0941. The molecule has 3 N–H and O–H groups in total. The van der Waals surface area contributed by atoms with E-state index in [4.69, 9.17) is 22.2 Å². The van der Waals surface area contributed by atoms with E-state index in [0.29, 0.717) is 17.2 Å². The number of nitro benzene ring substituents is 1. The Morgan fingerprint density at radius 3 is 2.23 bits per heavy atom. The Morgan fingerprint density at radius 2 is 1.57 bits per heavy atom. The standard InChI is InChI=1S/C29H35N7O2S2/c1-35(2)27-25-5-3-4-6-26(25)33-28(34-27)30-19-7-9-20(10-8-19)31-29(39)32-21-11-15-23(16-12-21)40-24-17-13-22(14-18-24)36(37)38/h11-20H,3-10H2,1-2H3,(H,30,33,34)(H2,31,32,39)/t19-,20+. The summed E-state index contributed by atoms with van der Waals surface area (Å²) in [5, 5.41) is 21.9. The van der Waals surface area contributed by atoms with Gasteiger partial charge in [0.25, 0.3) is 5.69 Å². The fourth-order valence-corrected chi connectivity index (χ4v) is 6.41. The molecule has 2 aliphatic rings. The van der Waals surface area contributed by atoms with Crippen LogP contribution in [-0.2, 0) is 12.8 Å². The van der Waals surface area contributed by atoms with Crippen molar-refractivity contribution in [2.24, 2.45) is 0 Å². The summed E-state index contributed by atoms with van der Waals surface area (Å²) in [5.74, 6) is 1.81. The molecular weight excluding hydrogens is 543 g/mol. The number of nitrogens with zero attached hydrogens (tertiary/aromatic N) is 4. The number of nitro groups is 1. The van der Waals surface area contributed by atoms with E-state index in [1.807, 2.05) is 24.3 Å². The number of anilines is 3. The van der Waals surface area contributed by atoms with Crippen LogP contribution in [0.4, 0.5) is 23.1 Å². The van der Waals surface area contributed by atoms with E-state index in [1.165, 1.54) is 36.2 Å². The van der Waals surface area contributed by atoms with Crippen LogP contribution in [0.25, 0.3) is 0 Å². The van der Waals surface area contributed by atoms with Crippen molar-refractivity contribution in [3.63, 3.8) is 0 Å². The number of hydrogen-bond acceptors (Lipinski definition) is 8. The van der Waals surface area contributed by atoms with E-state index in [0.717, 1.165) is 65.8 Å². The van der Waals surface area contributed by atoms with Crippen molar-refractivity contribution >= 4 is 52.2 Å². The fourth-order valence-electron chi connectivity index (χ4n) is 5.30. The summed E-state index contributed by atoms with van der Waals surface area (Å²) in [6.45, 7) is 0. The van der Waals surface area contributed by atoms with E-state index in [9.17, 15) is 10.1 Å². The number of aromatic nitrogens is 2. The van der Waals surface area contributed by atoms with Crippen LogP contribution in [-0.4, -0.2) is 46.2 Å². The lowest BCUT2D eigenvalue weighted by molar-refractivity contribution is -0.384. The zero-order valence-corrected chi connectivity index (χ0v) is 24.5. The second kappa shape index (κ2) is 12.8. The molecule has 1 fully saturated rings. The highest BCUT2D eigenvalue weighted by molar-refractivity contribution is 7.99. The first kappa shape index (κ1) is 28.1. The van der Waals surface area contributed by atoms with Crippen molar-refractivity contribution < 1.29 is 4.92 Å². The van der Waals surface area contributed by atoms with Crippen LogP contribution in [0.3, 0.4) is 0 Å². The van der Waals surface area contributed by atoms with Gasteiger partial charge < -0.3 is 20.9 Å². The van der Waals surface area contributed by atoms with Crippen molar-refractivity contribution in [3.8, 4) is 0 Å². The molecule has 1 saturated carbocycles. The third-order valence-corrected chi connectivity index (χ3v) is 8.61. The highest BCUT2D eigenvalue weighted by Crippen LogP contribution is 2.31. The Kier molecular flexibility index (Phi) is 9.01. The van der Waals surface area contributed by atoms with Crippen LogP contribution in [0.15, 0.2) is 58.3 Å². The first-order valence-electron chi connectivity index (χ1n) is 13.8. The normalized spacial score (nSPS) is 18.4. The summed E-state index contributed by atoms with van der Waals surface area (Å²) in [5.41, 5.74) is 3.53. The molecule has 0 aliphatic heterocycles. The Hall–Kier alpha value is -3.44. The fraction of sp³-hybridized carbons (Fsp3) is 0.414. The van der Waals surface area contributed by atoms with Gasteiger partial charge in [-0.1, -0.05) is 11.8 Å². The van der Waals surface area contributed by atoms with Crippen molar-refractivity contribution in [2.45, 2.75) is 73.2 Å². The second-order valence-electron chi connectivity index (χ2n) is 10.6. The van der Waals surface area contributed by atoms with Gasteiger partial charge in [0.1, 0.15) is 5.82 Å². The molecule has 5 rings (SSSR count). The van der Waals surface area contributed by atoms with E-state index < -0.39 is 0 Å². The largest absolute Gasteiger partial charge is 0.362 e. The molecule has 2 aromatic carbocycles. The minimum atomic E-state index is -0.389. The van der Waals surface area contributed by atoms with Crippen molar-refractivity contribution in [1.82, 2.24) is 15.3 Å². The van der Waals surface area contributed by atoms with Crippen LogP contribution in [0.2, 0.25) is 0 Å². The molecule has 0 bridgehead atoms. The van der Waals surface area contributed by atoms with Gasteiger partial charge in [0.2, 0.25) is 5.95 Å². The van der Waals surface area contributed by atoms with Crippen LogP contribution < -0.4 is 20.9 Å². The van der Waals surface area contributed by atoms with Gasteiger partial charge >= 0.3 is 0 Å². The van der Waals surface area contributed by atoms with E-state index >= 15 is 0 Å². The molecule has 0 amide bonds. The quantitative estimate of drug-likeness (QED) is 0.163.